The number of aromatic nitrogens is 1. The largest absolute Gasteiger partial charge is 0.508 e. The lowest BCUT2D eigenvalue weighted by Crippen LogP contribution is -2.41. The van der Waals surface area contributed by atoms with Crippen LogP contribution < -0.4 is 10.5 Å². The van der Waals surface area contributed by atoms with Crippen molar-refractivity contribution in [1.29, 1.82) is 0 Å². The number of benzene rings is 3. The van der Waals surface area contributed by atoms with E-state index < -0.39 is 0 Å². The summed E-state index contributed by atoms with van der Waals surface area (Å²) in [5.41, 5.74) is 12.1. The predicted octanol–water partition coefficient (Wildman–Crippen LogP) is 4.37. The summed E-state index contributed by atoms with van der Waals surface area (Å²) in [5.74, 6) is 1.04. The zero-order chi connectivity index (χ0) is 22.9. The number of phenolic OH excluding ortho intramolecular Hbond substituents is 1. The van der Waals surface area contributed by atoms with Gasteiger partial charge in [0.05, 0.1) is 13.2 Å². The lowest BCUT2D eigenvalue weighted by atomic mass is 9.91. The zero-order valence-corrected chi connectivity index (χ0v) is 18.5. The molecule has 3 aromatic carbocycles. The average Bonchev–Trinajstić information content (AvgIpc) is 3.21. The number of amides is 1. The maximum absolute atomic E-state index is 12.9. The Labute approximate surface area is 192 Å². The number of phenols is 1. The van der Waals surface area contributed by atoms with Crippen LogP contribution in [-0.2, 0) is 11.2 Å². The fourth-order valence-electron chi connectivity index (χ4n) is 4.83. The summed E-state index contributed by atoms with van der Waals surface area (Å²) < 4.78 is 5.28. The number of H-pyrrole nitrogens is 1. The Morgan fingerprint density at radius 3 is 2.64 bits per heavy atom. The van der Waals surface area contributed by atoms with Crippen LogP contribution in [0.15, 0.2) is 66.7 Å². The number of nitrogens with zero attached hydrogens (tertiary/aromatic N) is 1. The topological polar surface area (TPSA) is 91.6 Å². The molecule has 0 spiro atoms. The Morgan fingerprint density at radius 2 is 1.91 bits per heavy atom. The Hall–Kier alpha value is -3.77. The Morgan fingerprint density at radius 1 is 1.12 bits per heavy atom. The molecule has 4 N–H and O–H groups in total. The predicted molar refractivity (Wildman–Crippen MR) is 129 cm³/mol. The van der Waals surface area contributed by atoms with Crippen LogP contribution in [0, 0.1) is 0 Å². The van der Waals surface area contributed by atoms with Crippen LogP contribution in [-0.4, -0.2) is 41.1 Å². The third kappa shape index (κ3) is 3.83. The number of nitrogens with two attached hydrogens (primary N) is 1. The molecule has 0 bridgehead atoms. The van der Waals surface area contributed by atoms with Gasteiger partial charge in [0.15, 0.2) is 0 Å². The van der Waals surface area contributed by atoms with Gasteiger partial charge >= 0.3 is 0 Å². The van der Waals surface area contributed by atoms with Gasteiger partial charge in [0.1, 0.15) is 11.5 Å². The molecule has 1 unspecified atom stereocenters. The number of hydrogen-bond donors (Lipinski definition) is 3. The highest BCUT2D eigenvalue weighted by Gasteiger charge is 2.34. The maximum Gasteiger partial charge on any atom is 0.224 e. The van der Waals surface area contributed by atoms with Crippen molar-refractivity contribution >= 4 is 16.8 Å². The molecule has 0 aliphatic carbocycles. The summed E-state index contributed by atoms with van der Waals surface area (Å²) in [6.45, 7) is 0.915. The zero-order valence-electron chi connectivity index (χ0n) is 18.5. The summed E-state index contributed by atoms with van der Waals surface area (Å²) in [5, 5.41) is 11.3. The van der Waals surface area contributed by atoms with Gasteiger partial charge in [0, 0.05) is 36.1 Å². The van der Waals surface area contributed by atoms with Crippen LogP contribution in [0.5, 0.6) is 11.5 Å². The van der Waals surface area contributed by atoms with E-state index in [4.69, 9.17) is 10.5 Å². The lowest BCUT2D eigenvalue weighted by molar-refractivity contribution is -0.133. The van der Waals surface area contributed by atoms with Crippen molar-refractivity contribution in [3.63, 3.8) is 0 Å². The molecular weight excluding hydrogens is 414 g/mol. The number of fused-ring (bicyclic) bond motifs is 3. The van der Waals surface area contributed by atoms with E-state index in [0.717, 1.165) is 45.5 Å². The van der Waals surface area contributed by atoms with Crippen LogP contribution in [0.2, 0.25) is 0 Å². The van der Waals surface area contributed by atoms with Gasteiger partial charge < -0.3 is 25.5 Å². The lowest BCUT2D eigenvalue weighted by Gasteiger charge is -2.36. The van der Waals surface area contributed by atoms with E-state index >= 15 is 0 Å². The number of carbonyl (C=O) groups is 1. The van der Waals surface area contributed by atoms with Crippen molar-refractivity contribution in [1.82, 2.24) is 9.88 Å². The van der Waals surface area contributed by atoms with Gasteiger partial charge in [-0.25, -0.2) is 0 Å². The molecule has 1 aliphatic rings. The molecule has 0 fully saturated rings. The van der Waals surface area contributed by atoms with E-state index in [1.807, 2.05) is 29.2 Å². The van der Waals surface area contributed by atoms with Gasteiger partial charge in [-0.05, 0) is 65.1 Å². The minimum atomic E-state index is -0.295. The highest BCUT2D eigenvalue weighted by Crippen LogP contribution is 2.40. The number of carbonyl (C=O) groups excluding carboxylic acids is 1. The molecule has 1 atom stereocenters. The van der Waals surface area contributed by atoms with E-state index in [1.165, 1.54) is 5.56 Å². The first kappa shape index (κ1) is 21.1. The standard InChI is InChI=1S/C27H27N3O3/c1-33-21-8-5-17(6-9-21)18-7-10-24-23(16-18)22-12-14-30(25(32)11-13-28)27(26(22)29-24)19-3-2-4-20(31)15-19/h2-10,15-16,27,29,31H,11-14,28H2,1H3. The second-order valence-corrected chi connectivity index (χ2v) is 8.38. The molecule has 1 amide bonds. The molecule has 5 rings (SSSR count). The van der Waals surface area contributed by atoms with Crippen molar-refractivity contribution in [2.45, 2.75) is 18.9 Å². The van der Waals surface area contributed by atoms with Gasteiger partial charge in [-0.1, -0.05) is 30.3 Å². The number of hydrogen-bond acceptors (Lipinski definition) is 4. The van der Waals surface area contributed by atoms with Crippen molar-refractivity contribution in [3.05, 3.63) is 83.6 Å². The average molecular weight is 442 g/mol. The summed E-state index contributed by atoms with van der Waals surface area (Å²) >= 11 is 0. The van der Waals surface area contributed by atoms with Crippen molar-refractivity contribution in [3.8, 4) is 22.6 Å². The summed E-state index contributed by atoms with van der Waals surface area (Å²) in [4.78, 5) is 18.4. The van der Waals surface area contributed by atoms with Crippen molar-refractivity contribution in [2.75, 3.05) is 20.2 Å². The molecule has 2 heterocycles. The first-order valence-electron chi connectivity index (χ1n) is 11.2. The normalized spacial score (nSPS) is 15.5. The summed E-state index contributed by atoms with van der Waals surface area (Å²) in [6, 6.07) is 21.3. The van der Waals surface area contributed by atoms with E-state index in [-0.39, 0.29) is 17.7 Å². The Balaban J connectivity index is 1.62. The minimum absolute atomic E-state index is 0.0223. The highest BCUT2D eigenvalue weighted by molar-refractivity contribution is 5.90. The fraction of sp³-hybridized carbons (Fsp3) is 0.222. The van der Waals surface area contributed by atoms with E-state index in [2.05, 4.69) is 35.3 Å². The fourth-order valence-corrected chi connectivity index (χ4v) is 4.83. The Kier molecular flexibility index (Phi) is 5.52. The van der Waals surface area contributed by atoms with E-state index in [1.54, 1.807) is 19.2 Å². The molecule has 168 valence electrons. The second-order valence-electron chi connectivity index (χ2n) is 8.38. The number of nitrogens with one attached hydrogen (secondary N) is 1. The molecule has 1 aromatic heterocycles. The molecule has 1 aliphatic heterocycles. The summed E-state index contributed by atoms with van der Waals surface area (Å²) in [6.07, 6.45) is 1.06. The van der Waals surface area contributed by atoms with Crippen LogP contribution >= 0.6 is 0 Å². The molecule has 0 saturated heterocycles. The van der Waals surface area contributed by atoms with Crippen molar-refractivity contribution < 1.29 is 14.6 Å². The monoisotopic (exact) mass is 441 g/mol. The number of ether oxygens (including phenoxy) is 1. The van der Waals surface area contributed by atoms with Crippen LogP contribution in [0.1, 0.15) is 29.3 Å². The molecule has 0 saturated carbocycles. The summed E-state index contributed by atoms with van der Waals surface area (Å²) in [7, 11) is 1.66. The number of methoxy groups -OCH3 is 1. The molecule has 4 aromatic rings. The molecular formula is C27H27N3O3. The molecule has 6 heteroatoms. The van der Waals surface area contributed by atoms with Crippen LogP contribution in [0.3, 0.4) is 0 Å². The molecule has 33 heavy (non-hydrogen) atoms. The van der Waals surface area contributed by atoms with E-state index in [9.17, 15) is 9.90 Å². The van der Waals surface area contributed by atoms with Crippen LogP contribution in [0.4, 0.5) is 0 Å². The molecule has 0 radical (unpaired) electrons. The third-order valence-electron chi connectivity index (χ3n) is 6.41. The Bertz CT molecular complexity index is 1310. The van der Waals surface area contributed by atoms with Crippen LogP contribution in [0.25, 0.3) is 22.0 Å². The molecule has 6 nitrogen and oxygen atoms in total. The van der Waals surface area contributed by atoms with E-state index in [0.29, 0.717) is 19.5 Å². The SMILES string of the molecule is COc1ccc(-c2ccc3[nH]c4c(c3c2)CCN(C(=O)CCN)C4c2cccc(O)c2)cc1. The number of aromatic hydroxyl groups is 1. The van der Waals surface area contributed by atoms with Gasteiger partial charge in [0.25, 0.3) is 0 Å². The van der Waals surface area contributed by atoms with Crippen molar-refractivity contribution in [2.24, 2.45) is 5.73 Å². The van der Waals surface area contributed by atoms with Gasteiger partial charge in [0.2, 0.25) is 5.91 Å². The number of rotatable bonds is 5. The number of aromatic amines is 1. The minimum Gasteiger partial charge on any atom is -0.508 e. The quantitative estimate of drug-likeness (QED) is 0.429. The first-order valence-corrected chi connectivity index (χ1v) is 11.2. The highest BCUT2D eigenvalue weighted by atomic mass is 16.5. The van der Waals surface area contributed by atoms with Gasteiger partial charge in [-0.2, -0.15) is 0 Å². The van der Waals surface area contributed by atoms with Gasteiger partial charge in [-0.15, -0.1) is 0 Å². The third-order valence-corrected chi connectivity index (χ3v) is 6.41. The van der Waals surface area contributed by atoms with Gasteiger partial charge in [-0.3, -0.25) is 4.79 Å². The maximum atomic E-state index is 12.9. The first-order chi connectivity index (χ1) is 16.1. The smallest absolute Gasteiger partial charge is 0.224 e. The second kappa shape index (κ2) is 8.64.